The molecule has 2 amide bonds. The molecule has 0 fully saturated rings. The lowest BCUT2D eigenvalue weighted by atomic mass is 9.98. The van der Waals surface area contributed by atoms with E-state index in [2.05, 4.69) is 10.6 Å². The highest BCUT2D eigenvalue weighted by atomic mass is 16.5. The fourth-order valence-electron chi connectivity index (χ4n) is 3.85. The van der Waals surface area contributed by atoms with E-state index in [9.17, 15) is 14.4 Å². The van der Waals surface area contributed by atoms with Crippen LogP contribution in [0.3, 0.4) is 0 Å². The van der Waals surface area contributed by atoms with Gasteiger partial charge in [0.1, 0.15) is 12.6 Å². The first kappa shape index (κ1) is 22.8. The fraction of sp³-hybridized carbons (Fsp3) is 0.333. The topological polar surface area (TPSA) is 129 Å². The van der Waals surface area contributed by atoms with Crippen LogP contribution in [0.5, 0.6) is 0 Å². The molecule has 166 valence electrons. The van der Waals surface area contributed by atoms with Crippen molar-refractivity contribution in [3.8, 4) is 17.2 Å². The molecule has 3 N–H and O–H groups in total. The Morgan fingerprint density at radius 3 is 2.28 bits per heavy atom. The van der Waals surface area contributed by atoms with Crippen LogP contribution >= 0.6 is 0 Å². The number of nitrogens with zero attached hydrogens (tertiary/aromatic N) is 1. The van der Waals surface area contributed by atoms with Gasteiger partial charge in [-0.05, 0) is 35.1 Å². The van der Waals surface area contributed by atoms with Crippen molar-refractivity contribution in [3.63, 3.8) is 0 Å². The minimum absolute atomic E-state index is 0.0463. The summed E-state index contributed by atoms with van der Waals surface area (Å²) in [6.45, 7) is 0.0701. The molecule has 1 unspecified atom stereocenters. The minimum Gasteiger partial charge on any atom is -0.481 e. The van der Waals surface area contributed by atoms with Gasteiger partial charge in [0.15, 0.2) is 0 Å². The monoisotopic (exact) mass is 435 g/mol. The van der Waals surface area contributed by atoms with Crippen molar-refractivity contribution >= 4 is 18.0 Å². The van der Waals surface area contributed by atoms with E-state index in [-0.39, 0.29) is 38.3 Å². The Bertz CT molecular complexity index is 985. The molecule has 0 radical (unpaired) electrons. The second-order valence-electron chi connectivity index (χ2n) is 7.51. The average Bonchev–Trinajstić information content (AvgIpc) is 3.10. The van der Waals surface area contributed by atoms with Crippen LogP contribution in [0.25, 0.3) is 11.1 Å². The summed E-state index contributed by atoms with van der Waals surface area (Å²) in [7, 11) is 0. The lowest BCUT2D eigenvalue weighted by molar-refractivity contribution is -0.137. The first-order valence-corrected chi connectivity index (χ1v) is 10.5. The Kier molecular flexibility index (Phi) is 7.81. The van der Waals surface area contributed by atoms with Crippen molar-refractivity contribution in [2.75, 3.05) is 13.2 Å². The molecule has 3 rings (SSSR count). The van der Waals surface area contributed by atoms with Gasteiger partial charge in [-0.1, -0.05) is 48.5 Å². The van der Waals surface area contributed by atoms with Crippen molar-refractivity contribution in [2.24, 2.45) is 0 Å². The summed E-state index contributed by atoms with van der Waals surface area (Å²) in [6.07, 6.45) is -0.0528. The number of carboxylic acids is 1. The number of amides is 2. The molecule has 0 aliphatic heterocycles. The molecule has 8 heteroatoms. The molecule has 2 aromatic carbocycles. The Balaban J connectivity index is 1.61. The van der Waals surface area contributed by atoms with Crippen molar-refractivity contribution < 1.29 is 24.2 Å². The number of carbonyl (C=O) groups is 3. The van der Waals surface area contributed by atoms with Crippen LogP contribution in [-0.2, 0) is 14.3 Å². The van der Waals surface area contributed by atoms with Crippen LogP contribution in [0.1, 0.15) is 42.7 Å². The number of hydrogen-bond donors (Lipinski definition) is 3. The van der Waals surface area contributed by atoms with Crippen molar-refractivity contribution in [1.29, 1.82) is 5.26 Å². The zero-order valence-corrected chi connectivity index (χ0v) is 17.5. The second kappa shape index (κ2) is 11.0. The minimum atomic E-state index is -1.03. The second-order valence-corrected chi connectivity index (χ2v) is 7.51. The summed E-state index contributed by atoms with van der Waals surface area (Å²) in [5.41, 5.74) is 4.39. The predicted molar refractivity (Wildman–Crippen MR) is 117 cm³/mol. The average molecular weight is 435 g/mol. The summed E-state index contributed by atoms with van der Waals surface area (Å²) in [5, 5.41) is 22.5. The van der Waals surface area contributed by atoms with Crippen LogP contribution in [-0.4, -0.2) is 42.3 Å². The molecule has 0 heterocycles. The number of carboxylic acid groups (broad SMARTS) is 1. The van der Waals surface area contributed by atoms with E-state index in [1.807, 2.05) is 54.6 Å². The number of fused-ring (bicyclic) bond motifs is 3. The van der Waals surface area contributed by atoms with Crippen LogP contribution in [0, 0.1) is 11.3 Å². The molecule has 0 saturated carbocycles. The zero-order chi connectivity index (χ0) is 22.9. The highest BCUT2D eigenvalue weighted by Gasteiger charge is 2.29. The van der Waals surface area contributed by atoms with Gasteiger partial charge in [0.25, 0.3) is 0 Å². The fourth-order valence-corrected chi connectivity index (χ4v) is 3.85. The van der Waals surface area contributed by atoms with Gasteiger partial charge in [-0.25, -0.2) is 4.79 Å². The molecule has 0 spiro atoms. The number of rotatable bonds is 10. The standard InChI is InChI=1S/C24H25N3O5/c25-13-6-5-11-21(23(30)26-14-12-22(28)29)27-24(31)32-15-20-18-9-3-1-7-16(18)17-8-2-4-10-19(17)20/h1-4,7-10,20-21H,5-6,11-12,14-15H2,(H,26,30)(H,27,31)(H,28,29). The third kappa shape index (κ3) is 5.64. The molecule has 1 atom stereocenters. The molecular weight excluding hydrogens is 410 g/mol. The van der Waals surface area contributed by atoms with Crippen LogP contribution in [0.2, 0.25) is 0 Å². The highest BCUT2D eigenvalue weighted by Crippen LogP contribution is 2.44. The van der Waals surface area contributed by atoms with E-state index in [1.54, 1.807) is 0 Å². The van der Waals surface area contributed by atoms with Crippen molar-refractivity contribution in [2.45, 2.75) is 37.6 Å². The Hall–Kier alpha value is -3.86. The number of alkyl carbamates (subject to hydrolysis) is 1. The van der Waals surface area contributed by atoms with Gasteiger partial charge in [-0.3, -0.25) is 9.59 Å². The molecule has 1 aliphatic rings. The van der Waals surface area contributed by atoms with E-state index in [0.29, 0.717) is 6.42 Å². The first-order valence-electron chi connectivity index (χ1n) is 10.5. The van der Waals surface area contributed by atoms with Crippen molar-refractivity contribution in [1.82, 2.24) is 10.6 Å². The van der Waals surface area contributed by atoms with Crippen LogP contribution in [0.4, 0.5) is 4.79 Å². The smallest absolute Gasteiger partial charge is 0.407 e. The Morgan fingerprint density at radius 1 is 1.06 bits per heavy atom. The van der Waals surface area contributed by atoms with Gasteiger partial charge in [-0.15, -0.1) is 0 Å². The van der Waals surface area contributed by atoms with Crippen LogP contribution in [0.15, 0.2) is 48.5 Å². The van der Waals surface area contributed by atoms with Gasteiger partial charge in [0.2, 0.25) is 5.91 Å². The number of hydrogen-bond acceptors (Lipinski definition) is 5. The summed E-state index contributed by atoms with van der Waals surface area (Å²) in [4.78, 5) is 35.5. The van der Waals surface area contributed by atoms with Gasteiger partial charge in [0.05, 0.1) is 12.5 Å². The van der Waals surface area contributed by atoms with Crippen LogP contribution < -0.4 is 10.6 Å². The number of carbonyl (C=O) groups excluding carboxylic acids is 2. The van der Waals surface area contributed by atoms with Crippen molar-refractivity contribution in [3.05, 3.63) is 59.7 Å². The predicted octanol–water partition coefficient (Wildman–Crippen LogP) is 3.18. The molecule has 1 aliphatic carbocycles. The maximum absolute atomic E-state index is 12.5. The van der Waals surface area contributed by atoms with E-state index < -0.39 is 24.0 Å². The van der Waals surface area contributed by atoms with Gasteiger partial charge >= 0.3 is 12.1 Å². The largest absolute Gasteiger partial charge is 0.481 e. The third-order valence-electron chi connectivity index (χ3n) is 5.37. The lowest BCUT2D eigenvalue weighted by Crippen LogP contribution is -2.47. The number of benzene rings is 2. The number of ether oxygens (including phenoxy) is 1. The van der Waals surface area contributed by atoms with Gasteiger partial charge in [-0.2, -0.15) is 5.26 Å². The highest BCUT2D eigenvalue weighted by molar-refractivity contribution is 5.86. The third-order valence-corrected chi connectivity index (χ3v) is 5.37. The number of nitriles is 1. The van der Waals surface area contributed by atoms with E-state index in [0.717, 1.165) is 22.3 Å². The Labute approximate surface area is 186 Å². The molecular formula is C24H25N3O5. The normalized spacial score (nSPS) is 12.7. The molecule has 8 nitrogen and oxygen atoms in total. The lowest BCUT2D eigenvalue weighted by Gasteiger charge is -2.19. The maximum atomic E-state index is 12.5. The van der Waals surface area contributed by atoms with Gasteiger partial charge in [0, 0.05) is 18.9 Å². The van der Waals surface area contributed by atoms with E-state index >= 15 is 0 Å². The quantitative estimate of drug-likeness (QED) is 0.492. The number of nitrogens with one attached hydrogen (secondary N) is 2. The number of aliphatic carboxylic acids is 1. The molecule has 0 saturated heterocycles. The Morgan fingerprint density at radius 2 is 1.69 bits per heavy atom. The first-order chi connectivity index (χ1) is 15.5. The van der Waals surface area contributed by atoms with Gasteiger partial charge < -0.3 is 20.5 Å². The molecule has 2 aromatic rings. The molecule has 0 bridgehead atoms. The number of unbranched alkanes of at least 4 members (excludes halogenated alkanes) is 1. The van der Waals surface area contributed by atoms with E-state index in [1.165, 1.54) is 0 Å². The maximum Gasteiger partial charge on any atom is 0.407 e. The summed E-state index contributed by atoms with van der Waals surface area (Å²) < 4.78 is 5.48. The summed E-state index contributed by atoms with van der Waals surface area (Å²) >= 11 is 0. The molecule has 0 aromatic heterocycles. The summed E-state index contributed by atoms with van der Waals surface area (Å²) in [5.74, 6) is -1.64. The van der Waals surface area contributed by atoms with E-state index in [4.69, 9.17) is 15.1 Å². The molecule has 32 heavy (non-hydrogen) atoms. The summed E-state index contributed by atoms with van der Waals surface area (Å²) in [6, 6.07) is 17.1. The zero-order valence-electron chi connectivity index (χ0n) is 17.5. The SMILES string of the molecule is N#CCCCC(NC(=O)OCC1c2ccccc2-c2ccccc21)C(=O)NCCC(=O)O.